The zero-order valence-electron chi connectivity index (χ0n) is 8.87. The summed E-state index contributed by atoms with van der Waals surface area (Å²) < 4.78 is 2.05. The van der Waals surface area contributed by atoms with Gasteiger partial charge in [0.05, 0.1) is 5.69 Å². The fourth-order valence-electron chi connectivity index (χ4n) is 2.09. The van der Waals surface area contributed by atoms with Gasteiger partial charge in [-0.15, -0.1) is 0 Å². The summed E-state index contributed by atoms with van der Waals surface area (Å²) >= 11 is 0. The molecule has 1 atom stereocenters. The molecule has 1 saturated heterocycles. The SMILES string of the molecule is Cc1ccn(CCCC2CCCN2)n1. The molecular formula is C11H19N3. The van der Waals surface area contributed by atoms with Crippen LogP contribution < -0.4 is 5.32 Å². The molecule has 3 heteroatoms. The second-order valence-electron chi connectivity index (χ2n) is 4.16. The van der Waals surface area contributed by atoms with E-state index in [1.807, 2.05) is 11.6 Å². The van der Waals surface area contributed by atoms with Gasteiger partial charge in [0.2, 0.25) is 0 Å². The molecule has 78 valence electrons. The highest BCUT2D eigenvalue weighted by Gasteiger charge is 2.12. The van der Waals surface area contributed by atoms with Gasteiger partial charge >= 0.3 is 0 Å². The van der Waals surface area contributed by atoms with E-state index < -0.39 is 0 Å². The molecule has 1 aromatic rings. The van der Waals surface area contributed by atoms with Crippen LogP contribution in [-0.4, -0.2) is 22.4 Å². The molecule has 0 amide bonds. The van der Waals surface area contributed by atoms with Crippen molar-refractivity contribution in [1.82, 2.24) is 15.1 Å². The third-order valence-electron chi connectivity index (χ3n) is 2.88. The summed E-state index contributed by atoms with van der Waals surface area (Å²) in [6.07, 6.45) is 7.30. The molecule has 0 saturated carbocycles. The number of hydrogen-bond donors (Lipinski definition) is 1. The number of nitrogens with zero attached hydrogens (tertiary/aromatic N) is 2. The van der Waals surface area contributed by atoms with Gasteiger partial charge in [-0.25, -0.2) is 0 Å². The molecule has 2 rings (SSSR count). The maximum absolute atomic E-state index is 4.37. The first kappa shape index (κ1) is 9.71. The third-order valence-corrected chi connectivity index (χ3v) is 2.88. The van der Waals surface area contributed by atoms with E-state index in [-0.39, 0.29) is 0 Å². The van der Waals surface area contributed by atoms with Crippen LogP contribution in [0.5, 0.6) is 0 Å². The maximum atomic E-state index is 4.37. The molecule has 1 unspecified atom stereocenters. The molecule has 0 radical (unpaired) electrons. The largest absolute Gasteiger partial charge is 0.314 e. The molecule has 1 N–H and O–H groups in total. The van der Waals surface area contributed by atoms with Gasteiger partial charge in [-0.2, -0.15) is 5.10 Å². The number of rotatable bonds is 4. The Kier molecular flexibility index (Phi) is 3.19. The van der Waals surface area contributed by atoms with Gasteiger partial charge in [0, 0.05) is 18.8 Å². The standard InChI is InChI=1S/C11H19N3/c1-10-6-9-14(13-10)8-3-5-11-4-2-7-12-11/h6,9,11-12H,2-5,7-8H2,1H3. The number of aromatic nitrogens is 2. The fraction of sp³-hybridized carbons (Fsp3) is 0.727. The van der Waals surface area contributed by atoms with Gasteiger partial charge in [-0.1, -0.05) is 0 Å². The average molecular weight is 193 g/mol. The predicted octanol–water partition coefficient (Wildman–Crippen LogP) is 1.72. The second-order valence-corrected chi connectivity index (χ2v) is 4.16. The highest BCUT2D eigenvalue weighted by molar-refractivity contribution is 4.94. The average Bonchev–Trinajstić information content (AvgIpc) is 2.77. The topological polar surface area (TPSA) is 29.9 Å². The van der Waals surface area contributed by atoms with E-state index >= 15 is 0 Å². The van der Waals surface area contributed by atoms with Crippen LogP contribution in [0.1, 0.15) is 31.4 Å². The van der Waals surface area contributed by atoms with Gasteiger partial charge in [-0.05, 0) is 45.2 Å². The zero-order chi connectivity index (χ0) is 9.80. The molecule has 0 aliphatic carbocycles. The minimum absolute atomic E-state index is 0.770. The van der Waals surface area contributed by atoms with Crippen molar-refractivity contribution in [3.05, 3.63) is 18.0 Å². The van der Waals surface area contributed by atoms with E-state index in [9.17, 15) is 0 Å². The molecular weight excluding hydrogens is 174 g/mol. The quantitative estimate of drug-likeness (QED) is 0.789. The first-order chi connectivity index (χ1) is 6.84. The smallest absolute Gasteiger partial charge is 0.0593 e. The number of nitrogens with one attached hydrogen (secondary N) is 1. The Hall–Kier alpha value is -0.830. The van der Waals surface area contributed by atoms with Crippen LogP contribution in [0.15, 0.2) is 12.3 Å². The lowest BCUT2D eigenvalue weighted by Crippen LogP contribution is -2.21. The maximum Gasteiger partial charge on any atom is 0.0593 e. The first-order valence-corrected chi connectivity index (χ1v) is 5.58. The van der Waals surface area contributed by atoms with Crippen molar-refractivity contribution in [3.63, 3.8) is 0 Å². The second kappa shape index (κ2) is 4.60. The Morgan fingerprint density at radius 1 is 1.64 bits per heavy atom. The minimum Gasteiger partial charge on any atom is -0.314 e. The number of hydrogen-bond acceptors (Lipinski definition) is 2. The van der Waals surface area contributed by atoms with Gasteiger partial charge in [0.1, 0.15) is 0 Å². The van der Waals surface area contributed by atoms with E-state index in [2.05, 4.69) is 22.7 Å². The molecule has 1 aliphatic heterocycles. The van der Waals surface area contributed by atoms with Crippen LogP contribution in [0.4, 0.5) is 0 Å². The van der Waals surface area contributed by atoms with Crippen LogP contribution in [0.25, 0.3) is 0 Å². The third kappa shape index (κ3) is 2.58. The summed E-state index contributed by atoms with van der Waals surface area (Å²) in [7, 11) is 0. The highest BCUT2D eigenvalue weighted by atomic mass is 15.3. The Morgan fingerprint density at radius 2 is 2.57 bits per heavy atom. The molecule has 0 spiro atoms. The van der Waals surface area contributed by atoms with Crippen molar-refractivity contribution in [2.24, 2.45) is 0 Å². The van der Waals surface area contributed by atoms with E-state index in [1.54, 1.807) is 0 Å². The highest BCUT2D eigenvalue weighted by Crippen LogP contribution is 2.11. The number of aryl methyl sites for hydroxylation is 2. The molecule has 0 bridgehead atoms. The zero-order valence-corrected chi connectivity index (χ0v) is 8.87. The van der Waals surface area contributed by atoms with Crippen LogP contribution in [0.3, 0.4) is 0 Å². The predicted molar refractivity (Wildman–Crippen MR) is 57.2 cm³/mol. The Labute approximate surface area is 85.5 Å². The Balaban J connectivity index is 1.67. The lowest BCUT2D eigenvalue weighted by atomic mass is 10.1. The molecule has 0 aromatic carbocycles. The minimum atomic E-state index is 0.770. The monoisotopic (exact) mass is 193 g/mol. The van der Waals surface area contributed by atoms with Crippen molar-refractivity contribution < 1.29 is 0 Å². The molecule has 1 aromatic heterocycles. The lowest BCUT2D eigenvalue weighted by molar-refractivity contribution is 0.483. The first-order valence-electron chi connectivity index (χ1n) is 5.58. The molecule has 1 fully saturated rings. The summed E-state index contributed by atoms with van der Waals surface area (Å²) in [5.74, 6) is 0. The van der Waals surface area contributed by atoms with Crippen molar-refractivity contribution in [2.75, 3.05) is 6.54 Å². The summed E-state index contributed by atoms with van der Waals surface area (Å²) in [6.45, 7) is 4.31. The molecule has 1 aliphatic rings. The molecule has 3 nitrogen and oxygen atoms in total. The van der Waals surface area contributed by atoms with Crippen LogP contribution >= 0.6 is 0 Å². The van der Waals surface area contributed by atoms with Crippen molar-refractivity contribution in [2.45, 2.75) is 45.2 Å². The summed E-state index contributed by atoms with van der Waals surface area (Å²) in [6, 6.07) is 2.83. The Bertz CT molecular complexity index is 274. The normalized spacial score (nSPS) is 21.6. The van der Waals surface area contributed by atoms with E-state index in [0.29, 0.717) is 0 Å². The lowest BCUT2D eigenvalue weighted by Gasteiger charge is -2.09. The van der Waals surface area contributed by atoms with Crippen LogP contribution in [0, 0.1) is 6.92 Å². The van der Waals surface area contributed by atoms with Gasteiger partial charge in [0.25, 0.3) is 0 Å². The van der Waals surface area contributed by atoms with Gasteiger partial charge in [-0.3, -0.25) is 4.68 Å². The van der Waals surface area contributed by atoms with E-state index in [4.69, 9.17) is 0 Å². The summed E-state index contributed by atoms with van der Waals surface area (Å²) in [5.41, 5.74) is 1.11. The fourth-order valence-corrected chi connectivity index (χ4v) is 2.09. The van der Waals surface area contributed by atoms with E-state index in [1.165, 1.54) is 32.2 Å². The van der Waals surface area contributed by atoms with Gasteiger partial charge in [0.15, 0.2) is 0 Å². The van der Waals surface area contributed by atoms with Crippen molar-refractivity contribution in [1.29, 1.82) is 0 Å². The van der Waals surface area contributed by atoms with Gasteiger partial charge < -0.3 is 5.32 Å². The molecule has 14 heavy (non-hydrogen) atoms. The van der Waals surface area contributed by atoms with Crippen molar-refractivity contribution in [3.8, 4) is 0 Å². The van der Waals surface area contributed by atoms with E-state index in [0.717, 1.165) is 18.3 Å². The molecule has 2 heterocycles. The summed E-state index contributed by atoms with van der Waals surface area (Å²) in [5, 5.41) is 7.89. The van der Waals surface area contributed by atoms with Crippen LogP contribution in [0.2, 0.25) is 0 Å². The van der Waals surface area contributed by atoms with Crippen LogP contribution in [-0.2, 0) is 6.54 Å². The summed E-state index contributed by atoms with van der Waals surface area (Å²) in [4.78, 5) is 0. The Morgan fingerprint density at radius 3 is 3.21 bits per heavy atom. The van der Waals surface area contributed by atoms with Crippen molar-refractivity contribution >= 4 is 0 Å².